The highest BCUT2D eigenvalue weighted by Gasteiger charge is 2.21. The number of nitrogens with zero attached hydrogens (tertiary/aromatic N) is 2. The number of benzene rings is 1. The fourth-order valence-corrected chi connectivity index (χ4v) is 2.74. The van der Waals surface area contributed by atoms with Gasteiger partial charge in [0.2, 0.25) is 18.2 Å². The van der Waals surface area contributed by atoms with E-state index in [4.69, 9.17) is 4.74 Å². The van der Waals surface area contributed by atoms with E-state index < -0.39 is 0 Å². The Balaban J connectivity index is 1.65. The van der Waals surface area contributed by atoms with E-state index in [2.05, 4.69) is 5.32 Å². The largest absolute Gasteiger partial charge is 0.491 e. The van der Waals surface area contributed by atoms with Crippen molar-refractivity contribution in [3.8, 4) is 5.75 Å². The third kappa shape index (κ3) is 3.61. The Hall–Kier alpha value is -2.57. The molecular weight excluding hydrogens is 298 g/mol. The van der Waals surface area contributed by atoms with Gasteiger partial charge < -0.3 is 19.9 Å². The second-order valence-electron chi connectivity index (χ2n) is 5.68. The smallest absolute Gasteiger partial charge is 0.227 e. The van der Waals surface area contributed by atoms with Gasteiger partial charge in [-0.2, -0.15) is 0 Å². The van der Waals surface area contributed by atoms with Crippen molar-refractivity contribution in [1.29, 1.82) is 0 Å². The zero-order chi connectivity index (χ0) is 16.2. The van der Waals surface area contributed by atoms with Crippen molar-refractivity contribution >= 4 is 23.9 Å². The lowest BCUT2D eigenvalue weighted by Crippen LogP contribution is -2.48. The quantitative estimate of drug-likeness (QED) is 0.811. The van der Waals surface area contributed by atoms with E-state index in [1.54, 1.807) is 21.9 Å². The first-order valence-corrected chi connectivity index (χ1v) is 7.68. The molecule has 0 saturated carbocycles. The van der Waals surface area contributed by atoms with Crippen LogP contribution in [0.25, 0.3) is 0 Å². The summed E-state index contributed by atoms with van der Waals surface area (Å²) in [6.45, 7) is 2.62. The van der Waals surface area contributed by atoms with Gasteiger partial charge in [0.25, 0.3) is 0 Å². The Morgan fingerprint density at radius 2 is 2.04 bits per heavy atom. The van der Waals surface area contributed by atoms with E-state index >= 15 is 0 Å². The Kier molecular flexibility index (Phi) is 4.45. The molecule has 0 aliphatic carbocycles. The molecule has 1 aromatic rings. The Morgan fingerprint density at radius 1 is 1.26 bits per heavy atom. The standard InChI is InChI=1S/C16H19N3O4/c20-11-18-4-6-19(7-5-18)16(22)10-12-1-2-14-13(9-12)17-15(21)3-8-23-14/h1-2,9,11H,3-8,10H2,(H,17,21). The molecular formula is C16H19N3O4. The molecule has 2 aliphatic rings. The summed E-state index contributed by atoms with van der Waals surface area (Å²) in [4.78, 5) is 38.1. The van der Waals surface area contributed by atoms with Crippen molar-refractivity contribution < 1.29 is 19.1 Å². The highest BCUT2D eigenvalue weighted by Crippen LogP contribution is 2.28. The van der Waals surface area contributed by atoms with Gasteiger partial charge in [-0.25, -0.2) is 0 Å². The predicted molar refractivity (Wildman–Crippen MR) is 83.1 cm³/mol. The summed E-state index contributed by atoms with van der Waals surface area (Å²) >= 11 is 0. The monoisotopic (exact) mass is 317 g/mol. The van der Waals surface area contributed by atoms with E-state index in [1.165, 1.54) is 0 Å². The lowest BCUT2D eigenvalue weighted by atomic mass is 10.1. The molecule has 2 heterocycles. The number of carbonyl (C=O) groups is 3. The first-order valence-electron chi connectivity index (χ1n) is 7.68. The summed E-state index contributed by atoms with van der Waals surface area (Å²) in [6, 6.07) is 5.42. The average molecular weight is 317 g/mol. The van der Waals surface area contributed by atoms with Crippen molar-refractivity contribution in [2.24, 2.45) is 0 Å². The summed E-state index contributed by atoms with van der Waals surface area (Å²) in [5, 5.41) is 2.79. The summed E-state index contributed by atoms with van der Waals surface area (Å²) < 4.78 is 5.50. The SMILES string of the molecule is O=CN1CCN(C(=O)Cc2ccc3c(c2)NC(=O)CCO3)CC1. The minimum atomic E-state index is -0.0859. The maximum atomic E-state index is 12.4. The molecule has 7 nitrogen and oxygen atoms in total. The minimum Gasteiger partial charge on any atom is -0.491 e. The van der Waals surface area contributed by atoms with Gasteiger partial charge >= 0.3 is 0 Å². The lowest BCUT2D eigenvalue weighted by Gasteiger charge is -2.32. The zero-order valence-electron chi connectivity index (χ0n) is 12.8. The lowest BCUT2D eigenvalue weighted by molar-refractivity contribution is -0.134. The van der Waals surface area contributed by atoms with Gasteiger partial charge in [0.15, 0.2) is 0 Å². The van der Waals surface area contributed by atoms with Gasteiger partial charge in [-0.1, -0.05) is 6.07 Å². The first kappa shape index (κ1) is 15.3. The van der Waals surface area contributed by atoms with Gasteiger partial charge in [-0.3, -0.25) is 14.4 Å². The van der Waals surface area contributed by atoms with Crippen LogP contribution in [0.4, 0.5) is 5.69 Å². The Bertz CT molecular complexity index is 624. The number of fused-ring (bicyclic) bond motifs is 1. The molecule has 122 valence electrons. The highest BCUT2D eigenvalue weighted by molar-refractivity contribution is 5.93. The van der Waals surface area contributed by atoms with E-state index in [1.807, 2.05) is 6.07 Å². The van der Waals surface area contributed by atoms with Crippen LogP contribution in [0.1, 0.15) is 12.0 Å². The molecule has 7 heteroatoms. The normalized spacial score (nSPS) is 17.7. The van der Waals surface area contributed by atoms with Crippen LogP contribution in [0.3, 0.4) is 0 Å². The topological polar surface area (TPSA) is 79.0 Å². The van der Waals surface area contributed by atoms with Gasteiger partial charge in [0.05, 0.1) is 25.1 Å². The van der Waals surface area contributed by atoms with Crippen LogP contribution in [0.15, 0.2) is 18.2 Å². The second-order valence-corrected chi connectivity index (χ2v) is 5.68. The summed E-state index contributed by atoms with van der Waals surface area (Å²) in [5.41, 5.74) is 1.45. The average Bonchev–Trinajstić information content (AvgIpc) is 2.75. The van der Waals surface area contributed by atoms with Crippen molar-refractivity contribution in [1.82, 2.24) is 9.80 Å². The van der Waals surface area contributed by atoms with Crippen LogP contribution in [-0.2, 0) is 20.8 Å². The number of anilines is 1. The van der Waals surface area contributed by atoms with Crippen LogP contribution in [0.2, 0.25) is 0 Å². The molecule has 3 amide bonds. The molecule has 0 atom stereocenters. The van der Waals surface area contributed by atoms with Gasteiger partial charge in [-0.15, -0.1) is 0 Å². The van der Waals surface area contributed by atoms with Crippen LogP contribution in [0, 0.1) is 0 Å². The summed E-state index contributed by atoms with van der Waals surface area (Å²) in [5.74, 6) is 0.570. The number of carbonyl (C=O) groups excluding carboxylic acids is 3. The number of hydrogen-bond donors (Lipinski definition) is 1. The van der Waals surface area contributed by atoms with E-state index in [0.717, 1.165) is 12.0 Å². The summed E-state index contributed by atoms with van der Waals surface area (Å²) in [7, 11) is 0. The molecule has 3 rings (SSSR count). The molecule has 0 aromatic heterocycles. The molecule has 0 radical (unpaired) electrons. The van der Waals surface area contributed by atoms with E-state index in [9.17, 15) is 14.4 Å². The fourth-order valence-electron chi connectivity index (χ4n) is 2.74. The van der Waals surface area contributed by atoms with Crippen LogP contribution in [-0.4, -0.2) is 60.8 Å². The molecule has 1 N–H and O–H groups in total. The Labute approximate surface area is 134 Å². The number of ether oxygens (including phenoxy) is 1. The molecule has 1 fully saturated rings. The maximum Gasteiger partial charge on any atom is 0.227 e. The molecule has 1 saturated heterocycles. The van der Waals surface area contributed by atoms with Crippen LogP contribution in [0.5, 0.6) is 5.75 Å². The highest BCUT2D eigenvalue weighted by atomic mass is 16.5. The first-order chi connectivity index (χ1) is 11.2. The minimum absolute atomic E-state index is 0.0244. The number of hydrogen-bond acceptors (Lipinski definition) is 4. The van der Waals surface area contributed by atoms with E-state index in [0.29, 0.717) is 50.6 Å². The van der Waals surface area contributed by atoms with Gasteiger partial charge in [0.1, 0.15) is 5.75 Å². The number of nitrogens with one attached hydrogen (secondary N) is 1. The van der Waals surface area contributed by atoms with Crippen molar-refractivity contribution in [2.75, 3.05) is 38.1 Å². The molecule has 0 unspecified atom stereocenters. The number of piperazine rings is 1. The molecule has 0 bridgehead atoms. The number of rotatable bonds is 3. The van der Waals surface area contributed by atoms with Crippen molar-refractivity contribution in [3.05, 3.63) is 23.8 Å². The molecule has 2 aliphatic heterocycles. The third-order valence-corrected chi connectivity index (χ3v) is 4.08. The van der Waals surface area contributed by atoms with Crippen LogP contribution >= 0.6 is 0 Å². The second kappa shape index (κ2) is 6.68. The summed E-state index contributed by atoms with van der Waals surface area (Å²) in [6.07, 6.45) is 1.41. The van der Waals surface area contributed by atoms with Gasteiger partial charge in [-0.05, 0) is 17.7 Å². The Morgan fingerprint density at radius 3 is 2.78 bits per heavy atom. The maximum absolute atomic E-state index is 12.4. The molecule has 1 aromatic carbocycles. The van der Waals surface area contributed by atoms with Crippen LogP contribution < -0.4 is 10.1 Å². The number of amides is 3. The van der Waals surface area contributed by atoms with Crippen molar-refractivity contribution in [3.63, 3.8) is 0 Å². The van der Waals surface area contributed by atoms with Gasteiger partial charge in [0, 0.05) is 26.2 Å². The van der Waals surface area contributed by atoms with E-state index in [-0.39, 0.29) is 18.2 Å². The van der Waals surface area contributed by atoms with Crippen molar-refractivity contribution in [2.45, 2.75) is 12.8 Å². The third-order valence-electron chi connectivity index (χ3n) is 4.08. The fraction of sp³-hybridized carbons (Fsp3) is 0.438. The molecule has 23 heavy (non-hydrogen) atoms. The molecule has 0 spiro atoms. The zero-order valence-corrected chi connectivity index (χ0v) is 12.8. The predicted octanol–water partition coefficient (Wildman–Crippen LogP) is 0.251.